The van der Waals surface area contributed by atoms with E-state index >= 15 is 0 Å². The van der Waals surface area contributed by atoms with Crippen molar-refractivity contribution in [3.05, 3.63) is 29.8 Å². The molecule has 1 saturated heterocycles. The number of nitrogens with zero attached hydrogens (tertiary/aromatic N) is 1. The second kappa shape index (κ2) is 7.09. The SMILES string of the molecule is CC1CN(C(=O)c2ccc(SC(F)F)cc2)CCC1C(=O)O. The quantitative estimate of drug-likeness (QED) is 0.862. The predicted molar refractivity (Wildman–Crippen MR) is 79.1 cm³/mol. The standard InChI is InChI=1S/C15H17F2NO3S/c1-9-8-18(7-6-12(9)14(20)21)13(19)10-2-4-11(5-3-10)22-15(16)17/h2-5,9,12,15H,6-8H2,1H3,(H,20,21). The van der Waals surface area contributed by atoms with Crippen LogP contribution < -0.4 is 0 Å². The smallest absolute Gasteiger partial charge is 0.306 e. The van der Waals surface area contributed by atoms with Gasteiger partial charge in [0.15, 0.2) is 0 Å². The molecule has 1 aromatic rings. The first-order valence-electron chi connectivity index (χ1n) is 6.95. The number of rotatable bonds is 4. The molecule has 1 aliphatic rings. The summed E-state index contributed by atoms with van der Waals surface area (Å²) in [7, 11) is 0. The van der Waals surface area contributed by atoms with Gasteiger partial charge in [-0.1, -0.05) is 18.7 Å². The van der Waals surface area contributed by atoms with E-state index in [1.165, 1.54) is 24.3 Å². The molecule has 0 bridgehead atoms. The summed E-state index contributed by atoms with van der Waals surface area (Å²) in [5, 5.41) is 9.09. The molecule has 1 fully saturated rings. The van der Waals surface area contributed by atoms with E-state index in [9.17, 15) is 18.4 Å². The van der Waals surface area contributed by atoms with Crippen LogP contribution in [-0.2, 0) is 4.79 Å². The van der Waals surface area contributed by atoms with Crippen molar-refractivity contribution in [2.75, 3.05) is 13.1 Å². The molecule has 0 aliphatic carbocycles. The molecule has 2 unspecified atom stereocenters. The Kier molecular flexibility index (Phi) is 5.39. The van der Waals surface area contributed by atoms with E-state index in [2.05, 4.69) is 0 Å². The van der Waals surface area contributed by atoms with Crippen LogP contribution in [0.25, 0.3) is 0 Å². The van der Waals surface area contributed by atoms with Crippen molar-refractivity contribution < 1.29 is 23.5 Å². The van der Waals surface area contributed by atoms with Crippen LogP contribution in [0.2, 0.25) is 0 Å². The summed E-state index contributed by atoms with van der Waals surface area (Å²) in [5.41, 5.74) is 0.430. The molecule has 0 aromatic heterocycles. The molecule has 0 spiro atoms. The van der Waals surface area contributed by atoms with Gasteiger partial charge < -0.3 is 10.0 Å². The highest BCUT2D eigenvalue weighted by Crippen LogP contribution is 2.27. The fourth-order valence-electron chi connectivity index (χ4n) is 2.66. The Hall–Kier alpha value is -1.63. The highest BCUT2D eigenvalue weighted by Gasteiger charge is 2.33. The third-order valence-electron chi connectivity index (χ3n) is 3.84. The number of thioether (sulfide) groups is 1. The molecule has 2 atom stereocenters. The number of halogens is 2. The third kappa shape index (κ3) is 3.97. The van der Waals surface area contributed by atoms with Gasteiger partial charge >= 0.3 is 5.97 Å². The molecule has 7 heteroatoms. The van der Waals surface area contributed by atoms with Crippen molar-refractivity contribution in [3.8, 4) is 0 Å². The highest BCUT2D eigenvalue weighted by molar-refractivity contribution is 7.99. The molecule has 120 valence electrons. The van der Waals surface area contributed by atoms with E-state index in [-0.39, 0.29) is 11.8 Å². The minimum absolute atomic E-state index is 0.108. The van der Waals surface area contributed by atoms with Crippen molar-refractivity contribution in [3.63, 3.8) is 0 Å². The molecule has 1 aromatic carbocycles. The largest absolute Gasteiger partial charge is 0.481 e. The fraction of sp³-hybridized carbons (Fsp3) is 0.467. The first kappa shape index (κ1) is 16.7. The van der Waals surface area contributed by atoms with E-state index in [0.29, 0.717) is 41.7 Å². The lowest BCUT2D eigenvalue weighted by atomic mass is 9.87. The van der Waals surface area contributed by atoms with E-state index in [1.54, 1.807) is 4.90 Å². The Morgan fingerprint density at radius 1 is 1.32 bits per heavy atom. The number of likely N-dealkylation sites (tertiary alicyclic amines) is 1. The predicted octanol–water partition coefficient (Wildman–Crippen LogP) is 3.18. The van der Waals surface area contributed by atoms with E-state index in [1.807, 2.05) is 6.92 Å². The Bertz CT molecular complexity index is 550. The number of alkyl halides is 2. The van der Waals surface area contributed by atoms with Crippen LogP contribution >= 0.6 is 11.8 Å². The van der Waals surface area contributed by atoms with Crippen molar-refractivity contribution in [1.82, 2.24) is 4.90 Å². The second-order valence-electron chi connectivity index (χ2n) is 5.36. The van der Waals surface area contributed by atoms with Gasteiger partial charge in [0.05, 0.1) is 5.92 Å². The molecule has 1 amide bonds. The van der Waals surface area contributed by atoms with Crippen LogP contribution in [0.1, 0.15) is 23.7 Å². The third-order valence-corrected chi connectivity index (χ3v) is 4.56. The molecule has 22 heavy (non-hydrogen) atoms. The van der Waals surface area contributed by atoms with E-state index in [0.717, 1.165) is 0 Å². The van der Waals surface area contributed by atoms with Crippen molar-refractivity contribution >= 4 is 23.6 Å². The Labute approximate surface area is 131 Å². The summed E-state index contributed by atoms with van der Waals surface area (Å²) < 4.78 is 24.5. The van der Waals surface area contributed by atoms with Gasteiger partial charge in [0.1, 0.15) is 0 Å². The lowest BCUT2D eigenvalue weighted by molar-refractivity contribution is -0.145. The summed E-state index contributed by atoms with van der Waals surface area (Å²) >= 11 is 0.435. The lowest BCUT2D eigenvalue weighted by Crippen LogP contribution is -2.45. The van der Waals surface area contributed by atoms with Crippen molar-refractivity contribution in [1.29, 1.82) is 0 Å². The fourth-order valence-corrected chi connectivity index (χ4v) is 3.16. The summed E-state index contributed by atoms with van der Waals surface area (Å²) in [4.78, 5) is 25.5. The first-order valence-corrected chi connectivity index (χ1v) is 7.83. The number of hydrogen-bond donors (Lipinski definition) is 1. The van der Waals surface area contributed by atoms with Crippen LogP contribution in [0.3, 0.4) is 0 Å². The number of aliphatic carboxylic acids is 1. The Morgan fingerprint density at radius 2 is 1.95 bits per heavy atom. The number of piperidine rings is 1. The molecule has 4 nitrogen and oxygen atoms in total. The molecule has 0 radical (unpaired) electrons. The molecule has 1 N–H and O–H groups in total. The monoisotopic (exact) mass is 329 g/mol. The number of hydrogen-bond acceptors (Lipinski definition) is 3. The van der Waals surface area contributed by atoms with E-state index < -0.39 is 17.6 Å². The molecule has 1 aliphatic heterocycles. The lowest BCUT2D eigenvalue weighted by Gasteiger charge is -2.35. The summed E-state index contributed by atoms with van der Waals surface area (Å²) in [6.45, 7) is 2.61. The van der Waals surface area contributed by atoms with Gasteiger partial charge in [-0.3, -0.25) is 9.59 Å². The average Bonchev–Trinajstić information content (AvgIpc) is 2.46. The number of carbonyl (C=O) groups is 2. The van der Waals surface area contributed by atoms with Crippen LogP contribution in [0, 0.1) is 11.8 Å². The number of amides is 1. The van der Waals surface area contributed by atoms with Crippen molar-refractivity contribution in [2.24, 2.45) is 11.8 Å². The van der Waals surface area contributed by atoms with Gasteiger partial charge in [0, 0.05) is 23.5 Å². The van der Waals surface area contributed by atoms with Gasteiger partial charge in [-0.05, 0) is 36.6 Å². The molecular weight excluding hydrogens is 312 g/mol. The van der Waals surface area contributed by atoms with Gasteiger partial charge in [-0.2, -0.15) is 8.78 Å². The highest BCUT2D eigenvalue weighted by atomic mass is 32.2. The maximum Gasteiger partial charge on any atom is 0.306 e. The van der Waals surface area contributed by atoms with Crippen LogP contribution in [0.5, 0.6) is 0 Å². The number of benzene rings is 1. The molecular formula is C15H17F2NO3S. The zero-order chi connectivity index (χ0) is 16.3. The van der Waals surface area contributed by atoms with Gasteiger partial charge in [-0.25, -0.2) is 0 Å². The summed E-state index contributed by atoms with van der Waals surface area (Å²) in [5.74, 6) is -4.03. The topological polar surface area (TPSA) is 57.6 Å². The zero-order valence-corrected chi connectivity index (χ0v) is 12.9. The normalized spacial score (nSPS) is 21.9. The maximum absolute atomic E-state index is 12.4. The minimum Gasteiger partial charge on any atom is -0.481 e. The Balaban J connectivity index is 2.01. The minimum atomic E-state index is -2.49. The first-order chi connectivity index (χ1) is 10.4. The number of carboxylic acid groups (broad SMARTS) is 1. The van der Waals surface area contributed by atoms with Gasteiger partial charge in [-0.15, -0.1) is 0 Å². The average molecular weight is 329 g/mol. The summed E-state index contributed by atoms with van der Waals surface area (Å²) in [6, 6.07) is 6.05. The van der Waals surface area contributed by atoms with Crippen LogP contribution in [0.15, 0.2) is 29.2 Å². The molecule has 1 heterocycles. The van der Waals surface area contributed by atoms with Crippen LogP contribution in [0.4, 0.5) is 8.78 Å². The Morgan fingerprint density at radius 3 is 2.45 bits per heavy atom. The second-order valence-corrected chi connectivity index (χ2v) is 6.43. The van der Waals surface area contributed by atoms with Crippen molar-refractivity contribution in [2.45, 2.75) is 24.0 Å². The number of carbonyl (C=O) groups excluding carboxylic acids is 1. The molecule has 0 saturated carbocycles. The number of carboxylic acids is 1. The van der Waals surface area contributed by atoms with E-state index in [4.69, 9.17) is 5.11 Å². The van der Waals surface area contributed by atoms with Gasteiger partial charge in [0.25, 0.3) is 11.7 Å². The summed E-state index contributed by atoms with van der Waals surface area (Å²) in [6.07, 6.45) is 0.432. The molecule has 2 rings (SSSR count). The maximum atomic E-state index is 12.4. The van der Waals surface area contributed by atoms with Crippen LogP contribution in [-0.4, -0.2) is 40.7 Å². The van der Waals surface area contributed by atoms with Gasteiger partial charge in [0.2, 0.25) is 0 Å². The zero-order valence-electron chi connectivity index (χ0n) is 12.0.